The molecule has 1 aromatic carbocycles. The van der Waals surface area contributed by atoms with Crippen molar-refractivity contribution >= 4 is 0 Å². The van der Waals surface area contributed by atoms with Gasteiger partial charge in [0.05, 0.1) is 0 Å². The maximum Gasteiger partial charge on any atom is 0.258 e. The molecule has 0 amide bonds. The maximum absolute atomic E-state index is 13.6. The van der Waals surface area contributed by atoms with Crippen molar-refractivity contribution in [1.29, 1.82) is 0 Å². The third kappa shape index (κ3) is 3.03. The maximum atomic E-state index is 13.6. The molecular formula is C12H13F5N2. The molecule has 0 radical (unpaired) electrons. The molecule has 1 N–H and O–H groups in total. The Bertz CT molecular complexity index is 423. The van der Waals surface area contributed by atoms with E-state index < -0.39 is 35.5 Å². The molecule has 7 heteroatoms. The van der Waals surface area contributed by atoms with Crippen LogP contribution in [0.3, 0.4) is 0 Å². The van der Waals surface area contributed by atoms with Crippen LogP contribution in [-0.2, 0) is 0 Å². The fourth-order valence-electron chi connectivity index (χ4n) is 2.26. The van der Waals surface area contributed by atoms with Gasteiger partial charge in [0.25, 0.3) is 6.43 Å². The van der Waals surface area contributed by atoms with Crippen molar-refractivity contribution in [1.82, 2.24) is 10.2 Å². The molecule has 1 atom stereocenters. The number of alkyl halides is 2. The zero-order valence-corrected chi connectivity index (χ0v) is 9.97. The molecule has 19 heavy (non-hydrogen) atoms. The van der Waals surface area contributed by atoms with Gasteiger partial charge in [0.1, 0.15) is 23.5 Å². The van der Waals surface area contributed by atoms with Crippen molar-refractivity contribution in [2.45, 2.75) is 12.5 Å². The van der Waals surface area contributed by atoms with Crippen LogP contribution < -0.4 is 5.32 Å². The van der Waals surface area contributed by atoms with Gasteiger partial charge in [-0.2, -0.15) is 0 Å². The van der Waals surface area contributed by atoms with E-state index in [2.05, 4.69) is 5.32 Å². The quantitative estimate of drug-likeness (QED) is 0.855. The van der Waals surface area contributed by atoms with Crippen LogP contribution in [0.1, 0.15) is 11.6 Å². The lowest BCUT2D eigenvalue weighted by atomic mass is 10.0. The third-order valence-electron chi connectivity index (χ3n) is 3.12. The summed E-state index contributed by atoms with van der Waals surface area (Å²) in [6, 6.07) is -0.839. The van der Waals surface area contributed by atoms with Gasteiger partial charge in [0, 0.05) is 43.9 Å². The second-order valence-electron chi connectivity index (χ2n) is 4.35. The van der Waals surface area contributed by atoms with E-state index in [1.807, 2.05) is 0 Å². The van der Waals surface area contributed by atoms with Gasteiger partial charge in [-0.1, -0.05) is 0 Å². The van der Waals surface area contributed by atoms with Gasteiger partial charge in [-0.25, -0.2) is 22.0 Å². The van der Waals surface area contributed by atoms with Gasteiger partial charge < -0.3 is 5.32 Å². The van der Waals surface area contributed by atoms with Gasteiger partial charge in [0.15, 0.2) is 0 Å². The Morgan fingerprint density at radius 2 is 1.53 bits per heavy atom. The van der Waals surface area contributed by atoms with E-state index in [0.29, 0.717) is 25.2 Å². The Morgan fingerprint density at radius 1 is 1.00 bits per heavy atom. The van der Waals surface area contributed by atoms with E-state index in [4.69, 9.17) is 0 Å². The van der Waals surface area contributed by atoms with Gasteiger partial charge in [-0.05, 0) is 0 Å². The van der Waals surface area contributed by atoms with Gasteiger partial charge >= 0.3 is 0 Å². The average Bonchev–Trinajstić information content (AvgIpc) is 2.34. The van der Waals surface area contributed by atoms with Crippen molar-refractivity contribution < 1.29 is 22.0 Å². The van der Waals surface area contributed by atoms with Crippen LogP contribution in [0.25, 0.3) is 0 Å². The Morgan fingerprint density at radius 3 is 2.00 bits per heavy atom. The molecular weight excluding hydrogens is 267 g/mol. The van der Waals surface area contributed by atoms with Crippen molar-refractivity contribution in [3.8, 4) is 0 Å². The first kappa shape index (κ1) is 14.2. The molecule has 1 heterocycles. The molecule has 106 valence electrons. The summed E-state index contributed by atoms with van der Waals surface area (Å²) in [5.74, 6) is -3.67. The topological polar surface area (TPSA) is 15.3 Å². The van der Waals surface area contributed by atoms with Crippen LogP contribution in [-0.4, -0.2) is 37.5 Å². The van der Waals surface area contributed by atoms with E-state index in [1.54, 1.807) is 0 Å². The van der Waals surface area contributed by atoms with Gasteiger partial charge in [0.2, 0.25) is 0 Å². The highest BCUT2D eigenvalue weighted by Crippen LogP contribution is 2.32. The van der Waals surface area contributed by atoms with E-state index in [1.165, 1.54) is 4.90 Å². The van der Waals surface area contributed by atoms with E-state index in [9.17, 15) is 22.0 Å². The molecule has 0 spiro atoms. The predicted octanol–water partition coefficient (Wildman–Crippen LogP) is 2.32. The van der Waals surface area contributed by atoms with Crippen molar-refractivity contribution in [2.75, 3.05) is 26.2 Å². The van der Waals surface area contributed by atoms with E-state index in [0.717, 1.165) is 0 Å². The lowest BCUT2D eigenvalue weighted by molar-refractivity contribution is 0.0144. The zero-order valence-electron chi connectivity index (χ0n) is 9.97. The van der Waals surface area contributed by atoms with Crippen molar-refractivity contribution in [2.24, 2.45) is 0 Å². The summed E-state index contributed by atoms with van der Waals surface area (Å²) in [5.41, 5.74) is -0.765. The molecule has 0 aromatic heterocycles. The zero-order chi connectivity index (χ0) is 14.0. The first-order valence-corrected chi connectivity index (χ1v) is 5.88. The summed E-state index contributed by atoms with van der Waals surface area (Å²) in [5, 5.41) is 2.96. The largest absolute Gasteiger partial charge is 0.314 e. The van der Waals surface area contributed by atoms with Crippen LogP contribution in [0.4, 0.5) is 22.0 Å². The molecule has 0 saturated carbocycles. The Balaban J connectivity index is 2.38. The van der Waals surface area contributed by atoms with Crippen LogP contribution in [0.15, 0.2) is 12.1 Å². The lowest BCUT2D eigenvalue weighted by Gasteiger charge is -2.34. The third-order valence-corrected chi connectivity index (χ3v) is 3.12. The fraction of sp³-hybridized carbons (Fsp3) is 0.500. The number of rotatable bonds is 3. The number of hydrogen-bond donors (Lipinski definition) is 1. The second-order valence-corrected chi connectivity index (χ2v) is 4.35. The number of hydrogen-bond acceptors (Lipinski definition) is 2. The van der Waals surface area contributed by atoms with Gasteiger partial charge in [-0.3, -0.25) is 4.90 Å². The number of nitrogens with one attached hydrogen (secondary N) is 1. The smallest absolute Gasteiger partial charge is 0.258 e. The van der Waals surface area contributed by atoms with Gasteiger partial charge in [-0.15, -0.1) is 0 Å². The van der Waals surface area contributed by atoms with Crippen LogP contribution in [0.5, 0.6) is 0 Å². The highest BCUT2D eigenvalue weighted by Gasteiger charge is 2.34. The Hall–Kier alpha value is -1.21. The normalized spacial score (nSPS) is 18.8. The number of benzene rings is 1. The first-order valence-electron chi connectivity index (χ1n) is 5.88. The molecule has 0 unspecified atom stereocenters. The summed E-state index contributed by atoms with van der Waals surface area (Å²) in [6.45, 7) is 1.44. The second kappa shape index (κ2) is 5.83. The molecule has 2 nitrogen and oxygen atoms in total. The van der Waals surface area contributed by atoms with Crippen LogP contribution in [0.2, 0.25) is 0 Å². The lowest BCUT2D eigenvalue weighted by Crippen LogP contribution is -2.47. The molecule has 1 aromatic rings. The molecule has 1 fully saturated rings. The summed E-state index contributed by atoms with van der Waals surface area (Å²) in [6.07, 6.45) is -2.95. The molecule has 2 rings (SSSR count). The minimum absolute atomic E-state index is 0.255. The van der Waals surface area contributed by atoms with Crippen molar-refractivity contribution in [3.63, 3.8) is 0 Å². The fourth-order valence-corrected chi connectivity index (χ4v) is 2.26. The molecule has 1 saturated heterocycles. The predicted molar refractivity (Wildman–Crippen MR) is 59.5 cm³/mol. The van der Waals surface area contributed by atoms with E-state index in [-0.39, 0.29) is 13.1 Å². The van der Waals surface area contributed by atoms with E-state index >= 15 is 0 Å². The number of nitrogens with zero attached hydrogens (tertiary/aromatic N) is 1. The minimum Gasteiger partial charge on any atom is -0.314 e. The molecule has 0 aliphatic carbocycles. The Labute approximate surface area is 107 Å². The number of halogens is 5. The molecule has 1 aliphatic rings. The average molecular weight is 280 g/mol. The Kier molecular flexibility index (Phi) is 4.36. The summed E-state index contributed by atoms with van der Waals surface area (Å²) < 4.78 is 66.3. The SMILES string of the molecule is Fc1cc(F)c([C@@H](C(F)F)N2CCNCC2)c(F)c1. The summed E-state index contributed by atoms with van der Waals surface area (Å²) in [7, 11) is 0. The number of piperazine rings is 1. The summed E-state index contributed by atoms with van der Waals surface area (Å²) in [4.78, 5) is 1.31. The van der Waals surface area contributed by atoms with Crippen LogP contribution >= 0.6 is 0 Å². The highest BCUT2D eigenvalue weighted by atomic mass is 19.3. The highest BCUT2D eigenvalue weighted by molar-refractivity contribution is 5.25. The first-order chi connectivity index (χ1) is 9.00. The van der Waals surface area contributed by atoms with Crippen molar-refractivity contribution in [3.05, 3.63) is 35.1 Å². The minimum atomic E-state index is -2.95. The standard InChI is InChI=1S/C12H13F5N2/c13-7-5-8(14)10(9(15)6-7)11(12(16)17)19-3-1-18-2-4-19/h5-6,11-12,18H,1-4H2/t11-/m0/s1. The molecule has 0 bridgehead atoms. The van der Waals surface area contributed by atoms with Crippen LogP contribution in [0, 0.1) is 17.5 Å². The molecule has 1 aliphatic heterocycles. The summed E-state index contributed by atoms with van der Waals surface area (Å²) >= 11 is 0. The monoisotopic (exact) mass is 280 g/mol.